The van der Waals surface area contributed by atoms with E-state index in [1.54, 1.807) is 7.11 Å². The zero-order valence-electron chi connectivity index (χ0n) is 13.8. The monoisotopic (exact) mass is 290 g/mol. The van der Waals surface area contributed by atoms with Crippen molar-refractivity contribution in [2.24, 2.45) is 0 Å². The minimum absolute atomic E-state index is 0.538. The molecular formula is C18H30N2O. The molecule has 0 spiro atoms. The van der Waals surface area contributed by atoms with E-state index >= 15 is 0 Å². The van der Waals surface area contributed by atoms with Crippen LogP contribution in [0.15, 0.2) is 36.9 Å². The molecule has 21 heavy (non-hydrogen) atoms. The summed E-state index contributed by atoms with van der Waals surface area (Å²) in [5, 5.41) is 3.48. The molecule has 0 heterocycles. The van der Waals surface area contributed by atoms with Crippen LogP contribution in [0.25, 0.3) is 0 Å². The summed E-state index contributed by atoms with van der Waals surface area (Å²) < 4.78 is 5.19. The SMILES string of the molecule is C=CCN(CCOC)Cc1ccccc1CCNC(C)C. The Kier molecular flexibility index (Phi) is 8.99. The van der Waals surface area contributed by atoms with Crippen molar-refractivity contribution in [1.82, 2.24) is 10.2 Å². The fourth-order valence-electron chi connectivity index (χ4n) is 2.33. The maximum Gasteiger partial charge on any atom is 0.0589 e. The van der Waals surface area contributed by atoms with Crippen LogP contribution in [0.3, 0.4) is 0 Å². The minimum Gasteiger partial charge on any atom is -0.383 e. The molecule has 0 saturated carbocycles. The van der Waals surface area contributed by atoms with E-state index in [-0.39, 0.29) is 0 Å². The molecule has 0 bridgehead atoms. The zero-order valence-corrected chi connectivity index (χ0v) is 13.8. The molecule has 0 aliphatic rings. The Morgan fingerprint density at radius 2 is 2.00 bits per heavy atom. The fraction of sp³-hybridized carbons (Fsp3) is 0.556. The first-order valence-electron chi connectivity index (χ1n) is 7.79. The number of nitrogens with one attached hydrogen (secondary N) is 1. The Morgan fingerprint density at radius 3 is 2.62 bits per heavy atom. The first-order valence-corrected chi connectivity index (χ1v) is 7.79. The molecule has 1 rings (SSSR count). The summed E-state index contributed by atoms with van der Waals surface area (Å²) in [5.74, 6) is 0. The molecule has 0 aromatic heterocycles. The average molecular weight is 290 g/mol. The molecule has 0 aliphatic carbocycles. The van der Waals surface area contributed by atoms with E-state index in [1.165, 1.54) is 11.1 Å². The van der Waals surface area contributed by atoms with Crippen LogP contribution in [0.4, 0.5) is 0 Å². The van der Waals surface area contributed by atoms with Crippen LogP contribution in [-0.2, 0) is 17.7 Å². The number of hydrogen-bond donors (Lipinski definition) is 1. The van der Waals surface area contributed by atoms with Gasteiger partial charge in [-0.3, -0.25) is 4.90 Å². The molecule has 0 unspecified atom stereocenters. The maximum absolute atomic E-state index is 5.19. The van der Waals surface area contributed by atoms with Crippen molar-refractivity contribution in [2.75, 3.05) is 33.4 Å². The summed E-state index contributed by atoms with van der Waals surface area (Å²) in [6.07, 6.45) is 3.03. The lowest BCUT2D eigenvalue weighted by molar-refractivity contribution is 0.151. The smallest absolute Gasteiger partial charge is 0.0589 e. The third-order valence-corrected chi connectivity index (χ3v) is 3.46. The summed E-state index contributed by atoms with van der Waals surface area (Å²) in [5.41, 5.74) is 2.83. The van der Waals surface area contributed by atoms with E-state index in [1.807, 2.05) is 6.08 Å². The summed E-state index contributed by atoms with van der Waals surface area (Å²) in [6.45, 7) is 12.8. The normalized spacial score (nSPS) is 11.3. The first kappa shape index (κ1) is 17.9. The van der Waals surface area contributed by atoms with E-state index < -0.39 is 0 Å². The molecule has 0 atom stereocenters. The number of benzene rings is 1. The van der Waals surface area contributed by atoms with Crippen molar-refractivity contribution in [1.29, 1.82) is 0 Å². The lowest BCUT2D eigenvalue weighted by Crippen LogP contribution is -2.28. The van der Waals surface area contributed by atoms with Crippen LogP contribution >= 0.6 is 0 Å². The Labute approximate surface area is 130 Å². The van der Waals surface area contributed by atoms with Crippen LogP contribution in [0.1, 0.15) is 25.0 Å². The molecule has 1 N–H and O–H groups in total. The largest absolute Gasteiger partial charge is 0.383 e. The lowest BCUT2D eigenvalue weighted by Gasteiger charge is -2.22. The number of methoxy groups -OCH3 is 1. The van der Waals surface area contributed by atoms with Crippen molar-refractivity contribution < 1.29 is 4.74 Å². The maximum atomic E-state index is 5.19. The summed E-state index contributed by atoms with van der Waals surface area (Å²) in [7, 11) is 1.75. The zero-order chi connectivity index (χ0) is 15.5. The highest BCUT2D eigenvalue weighted by atomic mass is 16.5. The number of rotatable bonds is 11. The molecule has 1 aromatic rings. The topological polar surface area (TPSA) is 24.5 Å². The van der Waals surface area contributed by atoms with Gasteiger partial charge in [-0.05, 0) is 24.1 Å². The van der Waals surface area contributed by atoms with Crippen molar-refractivity contribution in [3.8, 4) is 0 Å². The van der Waals surface area contributed by atoms with Crippen LogP contribution < -0.4 is 5.32 Å². The van der Waals surface area contributed by atoms with Crippen LogP contribution in [-0.4, -0.2) is 44.3 Å². The molecule has 118 valence electrons. The van der Waals surface area contributed by atoms with Gasteiger partial charge in [-0.15, -0.1) is 6.58 Å². The van der Waals surface area contributed by atoms with Gasteiger partial charge >= 0.3 is 0 Å². The summed E-state index contributed by atoms with van der Waals surface area (Å²) >= 11 is 0. The van der Waals surface area contributed by atoms with E-state index in [2.05, 4.69) is 54.9 Å². The van der Waals surface area contributed by atoms with Crippen LogP contribution in [0.2, 0.25) is 0 Å². The van der Waals surface area contributed by atoms with E-state index in [4.69, 9.17) is 4.74 Å². The van der Waals surface area contributed by atoms with Gasteiger partial charge in [0.15, 0.2) is 0 Å². The Balaban J connectivity index is 2.64. The van der Waals surface area contributed by atoms with Crippen molar-refractivity contribution in [3.05, 3.63) is 48.0 Å². The first-order chi connectivity index (χ1) is 10.2. The standard InChI is InChI=1S/C18H30N2O/c1-5-12-20(13-14-21-4)15-18-9-7-6-8-17(18)10-11-19-16(2)3/h5-9,16,19H,1,10-15H2,2-4H3. The molecule has 0 radical (unpaired) electrons. The second kappa shape index (κ2) is 10.6. The third-order valence-electron chi connectivity index (χ3n) is 3.46. The highest BCUT2D eigenvalue weighted by Gasteiger charge is 2.08. The van der Waals surface area contributed by atoms with Crippen molar-refractivity contribution in [3.63, 3.8) is 0 Å². The number of hydrogen-bond acceptors (Lipinski definition) is 3. The van der Waals surface area contributed by atoms with Gasteiger partial charge in [0.1, 0.15) is 0 Å². The van der Waals surface area contributed by atoms with Gasteiger partial charge in [-0.2, -0.15) is 0 Å². The van der Waals surface area contributed by atoms with E-state index in [0.29, 0.717) is 6.04 Å². The van der Waals surface area contributed by atoms with Crippen LogP contribution in [0.5, 0.6) is 0 Å². The predicted molar refractivity (Wildman–Crippen MR) is 90.6 cm³/mol. The lowest BCUT2D eigenvalue weighted by atomic mass is 10.0. The molecule has 3 heteroatoms. The van der Waals surface area contributed by atoms with Crippen LogP contribution in [0, 0.1) is 0 Å². The van der Waals surface area contributed by atoms with Crippen molar-refractivity contribution >= 4 is 0 Å². The van der Waals surface area contributed by atoms with Gasteiger partial charge in [0.05, 0.1) is 6.61 Å². The number of nitrogens with zero attached hydrogens (tertiary/aromatic N) is 1. The Hall–Kier alpha value is -1.16. The van der Waals surface area contributed by atoms with E-state index in [0.717, 1.165) is 39.2 Å². The van der Waals surface area contributed by atoms with Gasteiger partial charge in [0.2, 0.25) is 0 Å². The number of ether oxygens (including phenoxy) is 1. The molecular weight excluding hydrogens is 260 g/mol. The molecule has 0 amide bonds. The Bertz CT molecular complexity index is 404. The highest BCUT2D eigenvalue weighted by molar-refractivity contribution is 5.27. The Morgan fingerprint density at radius 1 is 1.29 bits per heavy atom. The van der Waals surface area contributed by atoms with E-state index in [9.17, 15) is 0 Å². The molecule has 0 fully saturated rings. The molecule has 0 saturated heterocycles. The van der Waals surface area contributed by atoms with Gasteiger partial charge < -0.3 is 10.1 Å². The van der Waals surface area contributed by atoms with Gasteiger partial charge in [-0.25, -0.2) is 0 Å². The molecule has 1 aromatic carbocycles. The van der Waals surface area contributed by atoms with Crippen molar-refractivity contribution in [2.45, 2.75) is 32.9 Å². The quantitative estimate of drug-likeness (QED) is 0.634. The highest BCUT2D eigenvalue weighted by Crippen LogP contribution is 2.12. The minimum atomic E-state index is 0.538. The predicted octanol–water partition coefficient (Wildman–Crippen LogP) is 2.86. The van der Waals surface area contributed by atoms with Gasteiger partial charge in [0.25, 0.3) is 0 Å². The molecule has 3 nitrogen and oxygen atoms in total. The second-order valence-electron chi connectivity index (χ2n) is 5.64. The summed E-state index contributed by atoms with van der Waals surface area (Å²) in [6, 6.07) is 9.25. The second-order valence-corrected chi connectivity index (χ2v) is 5.64. The summed E-state index contributed by atoms with van der Waals surface area (Å²) in [4.78, 5) is 2.37. The van der Waals surface area contributed by atoms with Gasteiger partial charge in [-0.1, -0.05) is 44.2 Å². The fourth-order valence-corrected chi connectivity index (χ4v) is 2.33. The average Bonchev–Trinajstić information content (AvgIpc) is 2.46. The molecule has 0 aliphatic heterocycles. The third kappa shape index (κ3) is 7.42. The van der Waals surface area contributed by atoms with Gasteiger partial charge in [0, 0.05) is 32.8 Å².